The number of urea groups is 1. The third-order valence-corrected chi connectivity index (χ3v) is 9.11. The molecule has 0 radical (unpaired) electrons. The Balaban J connectivity index is 1.54. The molecule has 2 amide bonds. The van der Waals surface area contributed by atoms with E-state index >= 15 is 0 Å². The number of halogens is 5. The van der Waals surface area contributed by atoms with Gasteiger partial charge in [-0.1, -0.05) is 35.3 Å². The molecule has 2 saturated heterocycles. The van der Waals surface area contributed by atoms with Crippen LogP contribution in [0, 0.1) is 5.92 Å². The Bertz CT molecular complexity index is 1290. The summed E-state index contributed by atoms with van der Waals surface area (Å²) in [5.41, 5.74) is 0.0285. The topological polar surface area (TPSA) is 70.2 Å². The standard InChI is InChI=1S/C25H28Cl2F3N3O4S/c1-16(37-19-5-3-4-18(13-19)25(28,29)30)20-14-32(15-21(20)17-6-7-22(26)23(27)12-17)24(34)31-8-10-33(11-9-31)38(2,35)36/h3-7,12-13,16,20-21H,8-11,14-15H2,1-2H3/t16-,20+,21+/m1/s1. The fraction of sp³-hybridized carbons (Fsp3) is 0.480. The monoisotopic (exact) mass is 593 g/mol. The lowest BCUT2D eigenvalue weighted by atomic mass is 9.85. The summed E-state index contributed by atoms with van der Waals surface area (Å²) >= 11 is 12.4. The first-order chi connectivity index (χ1) is 17.7. The van der Waals surface area contributed by atoms with E-state index in [1.54, 1.807) is 28.9 Å². The van der Waals surface area contributed by atoms with Crippen molar-refractivity contribution < 1.29 is 31.1 Å². The van der Waals surface area contributed by atoms with Crippen LogP contribution in [0.1, 0.15) is 24.0 Å². The number of carbonyl (C=O) groups is 1. The van der Waals surface area contributed by atoms with E-state index in [9.17, 15) is 26.4 Å². The van der Waals surface area contributed by atoms with Gasteiger partial charge >= 0.3 is 12.2 Å². The van der Waals surface area contributed by atoms with Crippen molar-refractivity contribution in [2.45, 2.75) is 25.1 Å². The number of carbonyl (C=O) groups excluding carboxylic acids is 1. The van der Waals surface area contributed by atoms with Crippen LogP contribution in [0.25, 0.3) is 0 Å². The van der Waals surface area contributed by atoms with Crippen LogP contribution in [-0.4, -0.2) is 80.2 Å². The zero-order valence-corrected chi connectivity index (χ0v) is 23.1. The number of hydrogen-bond donors (Lipinski definition) is 0. The summed E-state index contributed by atoms with van der Waals surface area (Å²) in [4.78, 5) is 16.7. The van der Waals surface area contributed by atoms with Gasteiger partial charge in [-0.05, 0) is 42.8 Å². The van der Waals surface area contributed by atoms with Gasteiger partial charge in [-0.15, -0.1) is 0 Å². The third kappa shape index (κ3) is 6.50. The number of alkyl halides is 3. The first kappa shape index (κ1) is 28.8. The van der Waals surface area contributed by atoms with Gasteiger partial charge in [0.2, 0.25) is 10.0 Å². The number of hydrogen-bond acceptors (Lipinski definition) is 4. The molecule has 0 bridgehead atoms. The SMILES string of the molecule is C[C@@H](Oc1cccc(C(F)(F)F)c1)[C@@H]1CN(C(=O)N2CCN(S(C)(=O)=O)CC2)C[C@H]1c1ccc(Cl)c(Cl)c1. The number of sulfonamides is 1. The van der Waals surface area contributed by atoms with Gasteiger partial charge in [0.1, 0.15) is 11.9 Å². The number of amides is 2. The van der Waals surface area contributed by atoms with E-state index in [0.717, 1.165) is 24.0 Å². The molecule has 0 aliphatic carbocycles. The van der Waals surface area contributed by atoms with Crippen molar-refractivity contribution in [1.29, 1.82) is 0 Å². The molecule has 2 aliphatic heterocycles. The highest BCUT2D eigenvalue weighted by Gasteiger charge is 2.42. The average molecular weight is 594 g/mol. The van der Waals surface area contributed by atoms with Crippen molar-refractivity contribution in [2.24, 2.45) is 5.92 Å². The van der Waals surface area contributed by atoms with Crippen molar-refractivity contribution >= 4 is 39.3 Å². The molecule has 0 unspecified atom stereocenters. The lowest BCUT2D eigenvalue weighted by molar-refractivity contribution is -0.137. The Hall–Kier alpha value is -2.21. The number of ether oxygens (including phenoxy) is 1. The van der Waals surface area contributed by atoms with E-state index in [-0.39, 0.29) is 49.8 Å². The molecule has 13 heteroatoms. The Kier molecular flexibility index (Phi) is 8.42. The van der Waals surface area contributed by atoms with Crippen LogP contribution in [-0.2, 0) is 16.2 Å². The Morgan fingerprint density at radius 1 is 1.00 bits per heavy atom. The number of nitrogens with zero attached hydrogens (tertiary/aromatic N) is 3. The lowest BCUT2D eigenvalue weighted by Gasteiger charge is -2.35. The van der Waals surface area contributed by atoms with Crippen molar-refractivity contribution in [1.82, 2.24) is 14.1 Å². The summed E-state index contributed by atoms with van der Waals surface area (Å²) in [6, 6.07) is 9.71. The molecule has 0 spiro atoms. The molecule has 0 aromatic heterocycles. The Morgan fingerprint density at radius 3 is 2.29 bits per heavy atom. The van der Waals surface area contributed by atoms with Crippen molar-refractivity contribution in [2.75, 3.05) is 45.5 Å². The average Bonchev–Trinajstić information content (AvgIpc) is 3.30. The molecule has 2 fully saturated rings. The summed E-state index contributed by atoms with van der Waals surface area (Å²) in [5.74, 6) is -0.392. The molecule has 208 valence electrons. The van der Waals surface area contributed by atoms with Crippen LogP contribution in [0.2, 0.25) is 10.0 Å². The second-order valence-electron chi connectivity index (χ2n) is 9.63. The van der Waals surface area contributed by atoms with E-state index in [0.29, 0.717) is 23.1 Å². The molecule has 2 heterocycles. The zero-order chi connectivity index (χ0) is 27.8. The minimum Gasteiger partial charge on any atom is -0.490 e. The zero-order valence-electron chi connectivity index (χ0n) is 20.8. The van der Waals surface area contributed by atoms with Crippen molar-refractivity contribution in [3.05, 3.63) is 63.6 Å². The smallest absolute Gasteiger partial charge is 0.416 e. The van der Waals surface area contributed by atoms with Crippen LogP contribution in [0.15, 0.2) is 42.5 Å². The molecule has 7 nitrogen and oxygen atoms in total. The van der Waals surface area contributed by atoms with Crippen LogP contribution in [0.3, 0.4) is 0 Å². The van der Waals surface area contributed by atoms with Crippen molar-refractivity contribution in [3.8, 4) is 5.75 Å². The summed E-state index contributed by atoms with van der Waals surface area (Å²) in [6.45, 7) is 3.37. The lowest BCUT2D eigenvalue weighted by Crippen LogP contribution is -2.53. The fourth-order valence-corrected chi connectivity index (χ4v) is 6.15. The third-order valence-electron chi connectivity index (χ3n) is 7.07. The fourth-order valence-electron chi connectivity index (χ4n) is 5.02. The van der Waals surface area contributed by atoms with Gasteiger partial charge in [-0.3, -0.25) is 0 Å². The van der Waals surface area contributed by atoms with E-state index < -0.39 is 27.9 Å². The van der Waals surface area contributed by atoms with Gasteiger partial charge in [0.05, 0.1) is 21.9 Å². The van der Waals surface area contributed by atoms with Crippen molar-refractivity contribution in [3.63, 3.8) is 0 Å². The molecule has 0 N–H and O–H groups in total. The maximum absolute atomic E-state index is 13.4. The molecular weight excluding hydrogens is 566 g/mol. The highest BCUT2D eigenvalue weighted by Crippen LogP contribution is 2.39. The number of piperazine rings is 1. The molecular formula is C25H28Cl2F3N3O4S. The molecule has 2 aromatic rings. The number of rotatable bonds is 5. The van der Waals surface area contributed by atoms with Gasteiger partial charge < -0.3 is 14.5 Å². The van der Waals surface area contributed by atoms with Gasteiger partial charge in [-0.2, -0.15) is 17.5 Å². The highest BCUT2D eigenvalue weighted by molar-refractivity contribution is 7.88. The first-order valence-electron chi connectivity index (χ1n) is 12.0. The number of benzene rings is 2. The summed E-state index contributed by atoms with van der Waals surface area (Å²) < 4.78 is 70.6. The molecule has 38 heavy (non-hydrogen) atoms. The van der Waals surface area contributed by atoms with E-state index in [1.807, 2.05) is 6.07 Å². The Morgan fingerprint density at radius 2 is 1.68 bits per heavy atom. The minimum absolute atomic E-state index is 0.0851. The van der Waals surface area contributed by atoms with Crippen LogP contribution < -0.4 is 4.74 Å². The first-order valence-corrected chi connectivity index (χ1v) is 14.6. The summed E-state index contributed by atoms with van der Waals surface area (Å²) in [7, 11) is -3.34. The largest absolute Gasteiger partial charge is 0.490 e. The van der Waals surface area contributed by atoms with Gasteiger partial charge in [0, 0.05) is 51.1 Å². The molecule has 2 aromatic carbocycles. The molecule has 2 aliphatic rings. The second kappa shape index (κ2) is 11.1. The van der Waals surface area contributed by atoms with E-state index in [2.05, 4.69) is 0 Å². The van der Waals surface area contributed by atoms with Crippen LogP contribution in [0.5, 0.6) is 5.75 Å². The quantitative estimate of drug-likeness (QED) is 0.478. The normalized spacial score (nSPS) is 22.0. The van der Waals surface area contributed by atoms with E-state index in [1.165, 1.54) is 16.4 Å². The minimum atomic E-state index is -4.50. The summed E-state index contributed by atoms with van der Waals surface area (Å²) in [5, 5.41) is 0.742. The maximum Gasteiger partial charge on any atom is 0.416 e. The van der Waals surface area contributed by atoms with E-state index in [4.69, 9.17) is 27.9 Å². The summed E-state index contributed by atoms with van der Waals surface area (Å²) in [6.07, 6.45) is -3.90. The van der Waals surface area contributed by atoms with Gasteiger partial charge in [0.15, 0.2) is 0 Å². The predicted octanol–water partition coefficient (Wildman–Crippen LogP) is 5.19. The molecule has 4 rings (SSSR count). The highest BCUT2D eigenvalue weighted by atomic mass is 35.5. The predicted molar refractivity (Wildman–Crippen MR) is 139 cm³/mol. The molecule has 0 saturated carbocycles. The van der Waals surface area contributed by atoms with Gasteiger partial charge in [-0.25, -0.2) is 13.2 Å². The Labute approximate surface area is 230 Å². The molecule has 3 atom stereocenters. The van der Waals surface area contributed by atoms with Gasteiger partial charge in [0.25, 0.3) is 0 Å². The van der Waals surface area contributed by atoms with Crippen LogP contribution >= 0.6 is 23.2 Å². The second-order valence-corrected chi connectivity index (χ2v) is 12.4. The maximum atomic E-state index is 13.4. The number of likely N-dealkylation sites (tertiary alicyclic amines) is 1. The van der Waals surface area contributed by atoms with Crippen LogP contribution in [0.4, 0.5) is 18.0 Å².